The van der Waals surface area contributed by atoms with Gasteiger partial charge in [-0.25, -0.2) is 9.78 Å². The van der Waals surface area contributed by atoms with Crippen molar-refractivity contribution in [3.05, 3.63) is 16.6 Å². The number of hydrogen-bond acceptors (Lipinski definition) is 6. The Hall–Kier alpha value is -2.16. The lowest BCUT2D eigenvalue weighted by atomic mass is 10.1. The molecule has 130 valence electrons. The van der Waals surface area contributed by atoms with Crippen LogP contribution in [-0.2, 0) is 20.7 Å². The van der Waals surface area contributed by atoms with Crippen LogP contribution in [0.2, 0.25) is 0 Å². The summed E-state index contributed by atoms with van der Waals surface area (Å²) in [5.41, 5.74) is 2.46. The zero-order chi connectivity index (χ0) is 17.1. The van der Waals surface area contributed by atoms with Crippen molar-refractivity contribution < 1.29 is 19.1 Å². The Labute approximate surface area is 143 Å². The fourth-order valence-corrected chi connectivity index (χ4v) is 3.58. The number of likely N-dealkylation sites (tertiary alicyclic amines) is 1. The molecule has 24 heavy (non-hydrogen) atoms. The molecule has 9 heteroatoms. The van der Waals surface area contributed by atoms with E-state index < -0.39 is 24.1 Å². The third-order valence-electron chi connectivity index (χ3n) is 4.34. The molecule has 2 aliphatic heterocycles. The third kappa shape index (κ3) is 3.66. The summed E-state index contributed by atoms with van der Waals surface area (Å²) < 4.78 is 4.73. The molecule has 0 saturated carbocycles. The number of hydrogen-bond donors (Lipinski definition) is 2. The van der Waals surface area contributed by atoms with Gasteiger partial charge in [0.2, 0.25) is 11.8 Å². The summed E-state index contributed by atoms with van der Waals surface area (Å²) in [4.78, 5) is 42.3. The molecule has 3 heterocycles. The van der Waals surface area contributed by atoms with Crippen LogP contribution in [0.4, 0.5) is 4.79 Å². The van der Waals surface area contributed by atoms with E-state index in [2.05, 4.69) is 15.6 Å². The molecular weight excluding hydrogens is 332 g/mol. The van der Waals surface area contributed by atoms with E-state index in [1.54, 1.807) is 10.4 Å². The van der Waals surface area contributed by atoms with Gasteiger partial charge >= 0.3 is 6.09 Å². The molecule has 3 atom stereocenters. The van der Waals surface area contributed by atoms with Crippen molar-refractivity contribution in [2.45, 2.75) is 44.3 Å². The molecule has 1 aromatic heterocycles. The molecule has 0 radical (unpaired) electrons. The highest BCUT2D eigenvalue weighted by atomic mass is 32.1. The number of carbonyl (C=O) groups excluding carboxylic acids is 3. The van der Waals surface area contributed by atoms with E-state index in [0.29, 0.717) is 13.0 Å². The molecule has 3 rings (SSSR count). The first-order valence-corrected chi connectivity index (χ1v) is 8.90. The standard InChI is InChI=1S/C15H20N4O4S/c1-9-3-2-4-19(9)14(21)11(5-10-7-24-8-16-10)17-13(20)12-6-23-15(22)18-12/h7-9,11-12H,2-6H2,1H3,(H,17,20)(H,18,22)/t9-,11+,12+/m1/s1. The van der Waals surface area contributed by atoms with E-state index in [1.807, 2.05) is 12.3 Å². The summed E-state index contributed by atoms with van der Waals surface area (Å²) in [5, 5.41) is 7.04. The number of aromatic nitrogens is 1. The van der Waals surface area contributed by atoms with Gasteiger partial charge in [-0.05, 0) is 19.8 Å². The van der Waals surface area contributed by atoms with Crippen LogP contribution in [0.1, 0.15) is 25.5 Å². The minimum atomic E-state index is -0.765. The Morgan fingerprint density at radius 3 is 3.00 bits per heavy atom. The van der Waals surface area contributed by atoms with Crippen LogP contribution in [-0.4, -0.2) is 59.1 Å². The Kier molecular flexibility index (Phi) is 4.98. The number of alkyl carbamates (subject to hydrolysis) is 1. The predicted octanol–water partition coefficient (Wildman–Crippen LogP) is 0.290. The molecule has 2 fully saturated rings. The van der Waals surface area contributed by atoms with Gasteiger partial charge in [0.05, 0.1) is 11.2 Å². The molecule has 1 aromatic rings. The average Bonchev–Trinajstić information content (AvgIpc) is 3.28. The Bertz CT molecular complexity index is 621. The molecule has 0 unspecified atom stereocenters. The van der Waals surface area contributed by atoms with Crippen molar-refractivity contribution in [1.29, 1.82) is 0 Å². The second-order valence-electron chi connectivity index (χ2n) is 6.06. The van der Waals surface area contributed by atoms with E-state index in [0.717, 1.165) is 18.5 Å². The number of ether oxygens (including phenoxy) is 1. The van der Waals surface area contributed by atoms with Crippen molar-refractivity contribution in [3.63, 3.8) is 0 Å². The maximum atomic E-state index is 12.9. The molecule has 2 N–H and O–H groups in total. The first kappa shape index (κ1) is 16.7. The van der Waals surface area contributed by atoms with Crippen LogP contribution < -0.4 is 10.6 Å². The summed E-state index contributed by atoms with van der Waals surface area (Å²) in [6.45, 7) is 2.69. The molecule has 2 aliphatic rings. The summed E-state index contributed by atoms with van der Waals surface area (Å²) in [6.07, 6.45) is 1.65. The van der Waals surface area contributed by atoms with Gasteiger partial charge in [-0.1, -0.05) is 0 Å². The SMILES string of the molecule is C[C@@H]1CCCN1C(=O)[C@H](Cc1cscn1)NC(=O)[C@@H]1COC(=O)N1. The zero-order valence-corrected chi connectivity index (χ0v) is 14.2. The molecular formula is C15H20N4O4S. The zero-order valence-electron chi connectivity index (χ0n) is 13.4. The lowest BCUT2D eigenvalue weighted by Gasteiger charge is -2.27. The van der Waals surface area contributed by atoms with Crippen molar-refractivity contribution in [2.24, 2.45) is 0 Å². The Balaban J connectivity index is 1.70. The van der Waals surface area contributed by atoms with E-state index in [-0.39, 0.29) is 18.6 Å². The molecule has 0 aromatic carbocycles. The summed E-state index contributed by atoms with van der Waals surface area (Å²) >= 11 is 1.44. The highest BCUT2D eigenvalue weighted by Crippen LogP contribution is 2.19. The van der Waals surface area contributed by atoms with Crippen LogP contribution in [0.3, 0.4) is 0 Å². The van der Waals surface area contributed by atoms with Crippen LogP contribution in [0.5, 0.6) is 0 Å². The average molecular weight is 352 g/mol. The van der Waals surface area contributed by atoms with Crippen LogP contribution in [0.15, 0.2) is 10.9 Å². The maximum absolute atomic E-state index is 12.9. The molecule has 2 saturated heterocycles. The number of thiazole rings is 1. The van der Waals surface area contributed by atoms with Crippen LogP contribution in [0.25, 0.3) is 0 Å². The minimum Gasteiger partial charge on any atom is -0.447 e. The molecule has 3 amide bonds. The number of amides is 3. The largest absolute Gasteiger partial charge is 0.447 e. The highest BCUT2D eigenvalue weighted by Gasteiger charge is 2.35. The quantitative estimate of drug-likeness (QED) is 0.793. The van der Waals surface area contributed by atoms with E-state index in [9.17, 15) is 14.4 Å². The lowest BCUT2D eigenvalue weighted by Crippen LogP contribution is -2.54. The van der Waals surface area contributed by atoms with Gasteiger partial charge in [0, 0.05) is 24.4 Å². The van der Waals surface area contributed by atoms with Gasteiger partial charge in [0.1, 0.15) is 18.7 Å². The summed E-state index contributed by atoms with van der Waals surface area (Å²) in [6, 6.07) is -1.29. The van der Waals surface area contributed by atoms with Crippen LogP contribution >= 0.6 is 11.3 Å². The maximum Gasteiger partial charge on any atom is 0.407 e. The third-order valence-corrected chi connectivity index (χ3v) is 4.97. The number of nitrogens with zero attached hydrogens (tertiary/aromatic N) is 2. The fraction of sp³-hybridized carbons (Fsp3) is 0.600. The number of carbonyl (C=O) groups is 3. The molecule has 0 bridgehead atoms. The van der Waals surface area contributed by atoms with Gasteiger partial charge in [0.25, 0.3) is 0 Å². The number of cyclic esters (lactones) is 1. The summed E-state index contributed by atoms with van der Waals surface area (Å²) in [5.74, 6) is -0.520. The summed E-state index contributed by atoms with van der Waals surface area (Å²) in [7, 11) is 0. The monoisotopic (exact) mass is 352 g/mol. The second-order valence-corrected chi connectivity index (χ2v) is 6.78. The fourth-order valence-electron chi connectivity index (χ4n) is 3.01. The Morgan fingerprint density at radius 1 is 1.58 bits per heavy atom. The van der Waals surface area contributed by atoms with Crippen molar-refractivity contribution >= 4 is 29.2 Å². The van der Waals surface area contributed by atoms with Gasteiger partial charge in [0.15, 0.2) is 0 Å². The normalized spacial score (nSPS) is 24.4. The van der Waals surface area contributed by atoms with E-state index in [1.165, 1.54) is 11.3 Å². The predicted molar refractivity (Wildman–Crippen MR) is 86.4 cm³/mol. The number of nitrogens with one attached hydrogen (secondary N) is 2. The van der Waals surface area contributed by atoms with Gasteiger partial charge in [-0.3, -0.25) is 9.59 Å². The van der Waals surface area contributed by atoms with Gasteiger partial charge < -0.3 is 20.3 Å². The highest BCUT2D eigenvalue weighted by molar-refractivity contribution is 7.07. The lowest BCUT2D eigenvalue weighted by molar-refractivity contribution is -0.137. The second kappa shape index (κ2) is 7.16. The van der Waals surface area contributed by atoms with Crippen molar-refractivity contribution in [3.8, 4) is 0 Å². The van der Waals surface area contributed by atoms with Crippen LogP contribution in [0, 0.1) is 0 Å². The smallest absolute Gasteiger partial charge is 0.407 e. The van der Waals surface area contributed by atoms with Gasteiger partial charge in [-0.2, -0.15) is 0 Å². The van der Waals surface area contributed by atoms with E-state index >= 15 is 0 Å². The first-order valence-electron chi connectivity index (χ1n) is 7.96. The first-order chi connectivity index (χ1) is 11.5. The van der Waals surface area contributed by atoms with E-state index in [4.69, 9.17) is 4.74 Å². The molecule has 8 nitrogen and oxygen atoms in total. The van der Waals surface area contributed by atoms with Gasteiger partial charge in [-0.15, -0.1) is 11.3 Å². The van der Waals surface area contributed by atoms with Crippen molar-refractivity contribution in [1.82, 2.24) is 20.5 Å². The Morgan fingerprint density at radius 2 is 2.42 bits per heavy atom. The molecule has 0 spiro atoms. The number of rotatable bonds is 5. The molecule has 0 aliphatic carbocycles. The topological polar surface area (TPSA) is 101 Å². The van der Waals surface area contributed by atoms with Crippen molar-refractivity contribution in [2.75, 3.05) is 13.2 Å². The minimum absolute atomic E-state index is 0.0254.